The lowest BCUT2D eigenvalue weighted by atomic mass is 9.70. The van der Waals surface area contributed by atoms with Gasteiger partial charge in [0.1, 0.15) is 0 Å². The Balaban J connectivity index is 2.22. The predicted molar refractivity (Wildman–Crippen MR) is 101 cm³/mol. The van der Waals surface area contributed by atoms with E-state index >= 15 is 0 Å². The number of methoxy groups -OCH3 is 2. The third-order valence-electron chi connectivity index (χ3n) is 5.82. The fourth-order valence-corrected chi connectivity index (χ4v) is 4.66. The quantitative estimate of drug-likeness (QED) is 0.775. The van der Waals surface area contributed by atoms with E-state index in [1.54, 1.807) is 14.2 Å². The standard InChI is InChI=1S/C22H30O3/c1-13(2)16-11-15-12-18(23)19-14(8-7-9-22(19,3)4)10-17(15)21(25-6)20(16)24-5/h11,13H,7-10,12H2,1-6H3. The van der Waals surface area contributed by atoms with Gasteiger partial charge >= 0.3 is 0 Å². The van der Waals surface area contributed by atoms with E-state index in [9.17, 15) is 4.79 Å². The van der Waals surface area contributed by atoms with Crippen molar-refractivity contribution in [2.45, 2.75) is 65.7 Å². The van der Waals surface area contributed by atoms with Crippen LogP contribution in [-0.2, 0) is 17.6 Å². The molecule has 2 aliphatic carbocycles. The van der Waals surface area contributed by atoms with Gasteiger partial charge in [-0.05, 0) is 42.6 Å². The van der Waals surface area contributed by atoms with Gasteiger partial charge in [0, 0.05) is 23.1 Å². The molecule has 0 atom stereocenters. The zero-order valence-corrected chi connectivity index (χ0v) is 16.4. The van der Waals surface area contributed by atoms with Gasteiger partial charge in [0.15, 0.2) is 17.3 Å². The van der Waals surface area contributed by atoms with Crippen LogP contribution in [0.4, 0.5) is 0 Å². The predicted octanol–water partition coefficient (Wildman–Crippen LogP) is 5.00. The SMILES string of the molecule is COc1c(C(C)C)cc2c(c1OC)CC1=C(C(=O)C2)C(C)(C)CCC1. The lowest BCUT2D eigenvalue weighted by Crippen LogP contribution is -2.27. The first-order valence-electron chi connectivity index (χ1n) is 9.32. The second kappa shape index (κ2) is 6.51. The monoisotopic (exact) mass is 342 g/mol. The molecule has 0 fully saturated rings. The van der Waals surface area contributed by atoms with Gasteiger partial charge in [0.25, 0.3) is 0 Å². The number of ether oxygens (including phenoxy) is 2. The van der Waals surface area contributed by atoms with Crippen LogP contribution >= 0.6 is 0 Å². The van der Waals surface area contributed by atoms with Crippen molar-refractivity contribution < 1.29 is 14.3 Å². The Bertz CT molecular complexity index is 738. The second-order valence-corrected chi connectivity index (χ2v) is 8.32. The zero-order valence-electron chi connectivity index (χ0n) is 16.4. The number of Topliss-reactive ketones (excluding diaryl/α,β-unsaturated/α-hetero) is 1. The van der Waals surface area contributed by atoms with Gasteiger partial charge in [-0.15, -0.1) is 0 Å². The van der Waals surface area contributed by atoms with Crippen LogP contribution in [0.2, 0.25) is 0 Å². The molecule has 3 nitrogen and oxygen atoms in total. The molecule has 3 heteroatoms. The van der Waals surface area contributed by atoms with E-state index < -0.39 is 0 Å². The van der Waals surface area contributed by atoms with Crippen molar-refractivity contribution in [1.29, 1.82) is 0 Å². The van der Waals surface area contributed by atoms with Gasteiger partial charge in [-0.2, -0.15) is 0 Å². The molecule has 0 heterocycles. The largest absolute Gasteiger partial charge is 0.493 e. The smallest absolute Gasteiger partial charge is 0.164 e. The Kier molecular flexibility index (Phi) is 4.70. The highest BCUT2D eigenvalue weighted by Gasteiger charge is 2.37. The summed E-state index contributed by atoms with van der Waals surface area (Å²) in [5.41, 5.74) is 5.71. The van der Waals surface area contributed by atoms with Crippen LogP contribution in [0.3, 0.4) is 0 Å². The fourth-order valence-electron chi connectivity index (χ4n) is 4.66. The Hall–Kier alpha value is -1.77. The van der Waals surface area contributed by atoms with Crippen LogP contribution < -0.4 is 9.47 Å². The first-order chi connectivity index (χ1) is 11.8. The number of hydrogen-bond acceptors (Lipinski definition) is 3. The Morgan fingerprint density at radius 3 is 2.36 bits per heavy atom. The van der Waals surface area contributed by atoms with Gasteiger partial charge in [0.05, 0.1) is 14.2 Å². The molecule has 0 saturated heterocycles. The molecule has 1 aromatic rings. The number of hydrogen-bond donors (Lipinski definition) is 0. The van der Waals surface area contributed by atoms with E-state index in [1.165, 1.54) is 5.57 Å². The molecule has 0 amide bonds. The number of rotatable bonds is 3. The molecule has 0 saturated carbocycles. The van der Waals surface area contributed by atoms with Crippen LogP contribution in [0.15, 0.2) is 17.2 Å². The van der Waals surface area contributed by atoms with Crippen LogP contribution in [0.1, 0.15) is 69.6 Å². The van der Waals surface area contributed by atoms with Gasteiger partial charge in [0.2, 0.25) is 0 Å². The highest BCUT2D eigenvalue weighted by molar-refractivity contribution is 6.00. The minimum Gasteiger partial charge on any atom is -0.493 e. The number of carbonyl (C=O) groups excluding carboxylic acids is 1. The normalized spacial score (nSPS) is 19.4. The fraction of sp³-hybridized carbons (Fsp3) is 0.591. The van der Waals surface area contributed by atoms with Crippen molar-refractivity contribution in [2.24, 2.45) is 5.41 Å². The molecule has 0 spiro atoms. The molecule has 0 unspecified atom stereocenters. The van der Waals surface area contributed by atoms with Crippen LogP contribution in [0.25, 0.3) is 0 Å². The molecular formula is C22H30O3. The van der Waals surface area contributed by atoms with Crippen molar-refractivity contribution in [2.75, 3.05) is 14.2 Å². The third kappa shape index (κ3) is 2.98. The summed E-state index contributed by atoms with van der Waals surface area (Å²) in [6.07, 6.45) is 4.53. The number of allylic oxidation sites excluding steroid dienone is 2. The van der Waals surface area contributed by atoms with Crippen molar-refractivity contribution >= 4 is 5.78 Å². The van der Waals surface area contributed by atoms with Gasteiger partial charge in [-0.1, -0.05) is 39.3 Å². The molecular weight excluding hydrogens is 312 g/mol. The Morgan fingerprint density at radius 2 is 1.76 bits per heavy atom. The summed E-state index contributed by atoms with van der Waals surface area (Å²) >= 11 is 0. The van der Waals surface area contributed by atoms with E-state index in [1.807, 2.05) is 0 Å². The average molecular weight is 342 g/mol. The van der Waals surface area contributed by atoms with E-state index in [0.717, 1.165) is 59.4 Å². The molecule has 0 N–H and O–H groups in total. The summed E-state index contributed by atoms with van der Waals surface area (Å²) in [7, 11) is 3.40. The lowest BCUT2D eigenvalue weighted by molar-refractivity contribution is -0.116. The van der Waals surface area contributed by atoms with Crippen molar-refractivity contribution in [1.82, 2.24) is 0 Å². The summed E-state index contributed by atoms with van der Waals surface area (Å²) in [5, 5.41) is 0. The maximum absolute atomic E-state index is 13.1. The van der Waals surface area contributed by atoms with E-state index in [0.29, 0.717) is 18.1 Å². The van der Waals surface area contributed by atoms with Crippen LogP contribution in [0, 0.1) is 5.41 Å². The molecule has 136 valence electrons. The summed E-state index contributed by atoms with van der Waals surface area (Å²) in [5.74, 6) is 2.24. The maximum Gasteiger partial charge on any atom is 0.164 e. The summed E-state index contributed by atoms with van der Waals surface area (Å²) in [4.78, 5) is 13.1. The van der Waals surface area contributed by atoms with Gasteiger partial charge in [-0.3, -0.25) is 4.79 Å². The minimum absolute atomic E-state index is 0.0229. The average Bonchev–Trinajstić information content (AvgIpc) is 2.68. The molecule has 0 bridgehead atoms. The summed E-state index contributed by atoms with van der Waals surface area (Å²) in [6.45, 7) is 8.72. The summed E-state index contributed by atoms with van der Waals surface area (Å²) < 4.78 is 11.5. The van der Waals surface area contributed by atoms with E-state index in [-0.39, 0.29) is 5.41 Å². The second-order valence-electron chi connectivity index (χ2n) is 8.32. The highest BCUT2D eigenvalue weighted by atomic mass is 16.5. The summed E-state index contributed by atoms with van der Waals surface area (Å²) in [6, 6.07) is 2.17. The van der Waals surface area contributed by atoms with E-state index in [4.69, 9.17) is 9.47 Å². The van der Waals surface area contributed by atoms with Gasteiger partial charge < -0.3 is 9.47 Å². The number of ketones is 1. The zero-order chi connectivity index (χ0) is 18.4. The number of benzene rings is 1. The van der Waals surface area contributed by atoms with Gasteiger partial charge in [-0.25, -0.2) is 0 Å². The maximum atomic E-state index is 13.1. The third-order valence-corrected chi connectivity index (χ3v) is 5.82. The van der Waals surface area contributed by atoms with Crippen LogP contribution in [-0.4, -0.2) is 20.0 Å². The first kappa shape index (κ1) is 18.0. The number of fused-ring (bicyclic) bond motifs is 1. The molecule has 0 aromatic heterocycles. The number of carbonyl (C=O) groups is 1. The molecule has 25 heavy (non-hydrogen) atoms. The molecule has 1 aromatic carbocycles. The highest BCUT2D eigenvalue weighted by Crippen LogP contribution is 2.48. The minimum atomic E-state index is -0.0229. The lowest BCUT2D eigenvalue weighted by Gasteiger charge is -2.33. The Morgan fingerprint density at radius 1 is 1.08 bits per heavy atom. The Labute approximate surface area is 151 Å². The van der Waals surface area contributed by atoms with Crippen LogP contribution in [0.5, 0.6) is 11.5 Å². The molecule has 2 aliphatic rings. The molecule has 0 radical (unpaired) electrons. The topological polar surface area (TPSA) is 35.5 Å². The molecule has 3 rings (SSSR count). The van der Waals surface area contributed by atoms with Crippen molar-refractivity contribution in [3.05, 3.63) is 33.9 Å². The van der Waals surface area contributed by atoms with Crippen molar-refractivity contribution in [3.8, 4) is 11.5 Å². The van der Waals surface area contributed by atoms with Crippen molar-refractivity contribution in [3.63, 3.8) is 0 Å². The van der Waals surface area contributed by atoms with E-state index in [2.05, 4.69) is 33.8 Å². The molecule has 0 aliphatic heterocycles. The first-order valence-corrected chi connectivity index (χ1v) is 9.32.